The Morgan fingerprint density at radius 2 is 1.81 bits per heavy atom. The highest BCUT2D eigenvalue weighted by Gasteiger charge is 2.15. The SMILES string of the molecule is CC(C)c1c(Cl)nc(-c2cncs2)nc1Cl. The molecule has 0 saturated carbocycles. The fraction of sp³-hybridized carbons (Fsp3) is 0.300. The summed E-state index contributed by atoms with van der Waals surface area (Å²) in [7, 11) is 0. The summed E-state index contributed by atoms with van der Waals surface area (Å²) in [6.45, 7) is 4.01. The molecule has 0 spiro atoms. The van der Waals surface area contributed by atoms with Crippen molar-refractivity contribution in [3.8, 4) is 10.7 Å². The molecule has 2 rings (SSSR count). The Hall–Kier alpha value is -0.710. The predicted octanol–water partition coefficient (Wildman–Crippen LogP) is 4.03. The highest BCUT2D eigenvalue weighted by Crippen LogP contribution is 2.31. The van der Waals surface area contributed by atoms with E-state index in [1.54, 1.807) is 11.7 Å². The molecule has 84 valence electrons. The maximum atomic E-state index is 6.10. The fourth-order valence-corrected chi connectivity index (χ4v) is 2.71. The van der Waals surface area contributed by atoms with Gasteiger partial charge in [0.25, 0.3) is 0 Å². The number of hydrogen-bond donors (Lipinski definition) is 0. The summed E-state index contributed by atoms with van der Waals surface area (Å²) in [4.78, 5) is 13.3. The first-order valence-electron chi connectivity index (χ1n) is 4.71. The molecule has 0 aliphatic heterocycles. The molecule has 0 radical (unpaired) electrons. The highest BCUT2D eigenvalue weighted by molar-refractivity contribution is 7.13. The smallest absolute Gasteiger partial charge is 0.174 e. The zero-order valence-electron chi connectivity index (χ0n) is 8.74. The molecule has 2 heterocycles. The Morgan fingerprint density at radius 3 is 2.25 bits per heavy atom. The van der Waals surface area contributed by atoms with Gasteiger partial charge in [-0.3, -0.25) is 4.98 Å². The third-order valence-electron chi connectivity index (χ3n) is 2.08. The van der Waals surface area contributed by atoms with Gasteiger partial charge in [-0.05, 0) is 5.92 Å². The van der Waals surface area contributed by atoms with Crippen LogP contribution in [0.25, 0.3) is 10.7 Å². The van der Waals surface area contributed by atoms with E-state index in [9.17, 15) is 0 Å². The minimum atomic E-state index is 0.204. The van der Waals surface area contributed by atoms with Crippen LogP contribution in [0.3, 0.4) is 0 Å². The molecule has 0 aliphatic carbocycles. The molecule has 3 nitrogen and oxygen atoms in total. The van der Waals surface area contributed by atoms with E-state index in [1.165, 1.54) is 11.3 Å². The average molecular weight is 274 g/mol. The third-order valence-corrected chi connectivity index (χ3v) is 3.43. The van der Waals surface area contributed by atoms with Crippen molar-refractivity contribution in [2.75, 3.05) is 0 Å². The molecule has 0 saturated heterocycles. The van der Waals surface area contributed by atoms with Gasteiger partial charge in [-0.1, -0.05) is 37.0 Å². The largest absolute Gasteiger partial charge is 0.252 e. The number of thiazole rings is 1. The zero-order chi connectivity index (χ0) is 11.7. The molecule has 0 bridgehead atoms. The minimum absolute atomic E-state index is 0.204. The molecule has 6 heteroatoms. The molecule has 0 amide bonds. The normalized spacial score (nSPS) is 11.1. The van der Waals surface area contributed by atoms with Gasteiger partial charge in [0, 0.05) is 11.8 Å². The topological polar surface area (TPSA) is 38.7 Å². The Balaban J connectivity index is 2.53. The van der Waals surface area contributed by atoms with Crippen molar-refractivity contribution in [3.63, 3.8) is 0 Å². The number of aromatic nitrogens is 3. The van der Waals surface area contributed by atoms with Crippen LogP contribution in [0.1, 0.15) is 25.3 Å². The predicted molar refractivity (Wildman–Crippen MR) is 67.2 cm³/mol. The van der Waals surface area contributed by atoms with Crippen molar-refractivity contribution in [2.24, 2.45) is 0 Å². The first-order chi connectivity index (χ1) is 7.59. The van der Waals surface area contributed by atoms with Crippen LogP contribution in [0, 0.1) is 0 Å². The molecule has 0 aliphatic rings. The molecule has 0 aromatic carbocycles. The average Bonchev–Trinajstić information content (AvgIpc) is 2.67. The standard InChI is InChI=1S/C10H9Cl2N3S/c1-5(2)7-8(11)14-10(15-9(7)12)6-3-13-4-16-6/h3-5H,1-2H3. The second kappa shape index (κ2) is 4.65. The summed E-state index contributed by atoms with van der Waals surface area (Å²) in [6, 6.07) is 0. The lowest BCUT2D eigenvalue weighted by Crippen LogP contribution is -1.98. The maximum absolute atomic E-state index is 6.10. The molecule has 2 aromatic rings. The third kappa shape index (κ3) is 2.19. The fourth-order valence-electron chi connectivity index (χ4n) is 1.33. The van der Waals surface area contributed by atoms with E-state index < -0.39 is 0 Å². The van der Waals surface area contributed by atoms with Crippen LogP contribution in [0.4, 0.5) is 0 Å². The van der Waals surface area contributed by atoms with Crippen molar-refractivity contribution >= 4 is 34.5 Å². The molecule has 0 unspecified atom stereocenters. The Morgan fingerprint density at radius 1 is 1.19 bits per heavy atom. The van der Waals surface area contributed by atoms with E-state index in [0.717, 1.165) is 10.4 Å². The maximum Gasteiger partial charge on any atom is 0.174 e. The first-order valence-corrected chi connectivity index (χ1v) is 6.35. The van der Waals surface area contributed by atoms with E-state index in [-0.39, 0.29) is 5.92 Å². The monoisotopic (exact) mass is 273 g/mol. The number of nitrogens with zero attached hydrogens (tertiary/aromatic N) is 3. The van der Waals surface area contributed by atoms with Gasteiger partial charge in [-0.2, -0.15) is 0 Å². The quantitative estimate of drug-likeness (QED) is 0.776. The Kier molecular flexibility index (Phi) is 3.42. The summed E-state index contributed by atoms with van der Waals surface area (Å²) in [5.74, 6) is 0.734. The van der Waals surface area contributed by atoms with E-state index in [1.807, 2.05) is 13.8 Å². The summed E-state index contributed by atoms with van der Waals surface area (Å²) < 4.78 is 0. The van der Waals surface area contributed by atoms with E-state index in [2.05, 4.69) is 15.0 Å². The van der Waals surface area contributed by atoms with Gasteiger partial charge in [-0.15, -0.1) is 11.3 Å². The van der Waals surface area contributed by atoms with Crippen molar-refractivity contribution in [3.05, 3.63) is 27.6 Å². The van der Waals surface area contributed by atoms with Gasteiger partial charge in [0.1, 0.15) is 10.3 Å². The van der Waals surface area contributed by atoms with Crippen molar-refractivity contribution in [2.45, 2.75) is 19.8 Å². The van der Waals surface area contributed by atoms with E-state index in [4.69, 9.17) is 23.2 Å². The van der Waals surface area contributed by atoms with Crippen LogP contribution in [-0.2, 0) is 0 Å². The highest BCUT2D eigenvalue weighted by atomic mass is 35.5. The van der Waals surface area contributed by atoms with Crippen LogP contribution in [0.15, 0.2) is 11.7 Å². The van der Waals surface area contributed by atoms with Crippen LogP contribution >= 0.6 is 34.5 Å². The lowest BCUT2D eigenvalue weighted by molar-refractivity contribution is 0.848. The van der Waals surface area contributed by atoms with Crippen molar-refractivity contribution in [1.82, 2.24) is 15.0 Å². The zero-order valence-corrected chi connectivity index (χ0v) is 11.1. The lowest BCUT2D eigenvalue weighted by Gasteiger charge is -2.09. The molecular formula is C10H9Cl2N3S. The Labute approximate surface area is 107 Å². The second-order valence-corrected chi connectivity index (χ2v) is 5.17. The summed E-state index contributed by atoms with van der Waals surface area (Å²) in [5, 5.41) is 0.830. The van der Waals surface area contributed by atoms with Crippen LogP contribution in [0.5, 0.6) is 0 Å². The first kappa shape index (κ1) is 11.8. The number of hydrogen-bond acceptors (Lipinski definition) is 4. The van der Waals surface area contributed by atoms with Crippen LogP contribution < -0.4 is 0 Å². The van der Waals surface area contributed by atoms with Gasteiger partial charge in [0.05, 0.1) is 10.4 Å². The Bertz CT molecular complexity index is 474. The van der Waals surface area contributed by atoms with Gasteiger partial charge < -0.3 is 0 Å². The molecule has 0 atom stereocenters. The second-order valence-electron chi connectivity index (χ2n) is 3.56. The molecule has 2 aromatic heterocycles. The van der Waals surface area contributed by atoms with Crippen molar-refractivity contribution < 1.29 is 0 Å². The van der Waals surface area contributed by atoms with Crippen LogP contribution in [-0.4, -0.2) is 15.0 Å². The van der Waals surface area contributed by atoms with Gasteiger partial charge in [0.15, 0.2) is 5.82 Å². The minimum Gasteiger partial charge on any atom is -0.252 e. The number of rotatable bonds is 2. The molecule has 0 N–H and O–H groups in total. The number of halogens is 2. The van der Waals surface area contributed by atoms with Gasteiger partial charge in [-0.25, -0.2) is 9.97 Å². The lowest BCUT2D eigenvalue weighted by atomic mass is 10.1. The molecular weight excluding hydrogens is 265 g/mol. The van der Waals surface area contributed by atoms with Gasteiger partial charge in [0.2, 0.25) is 0 Å². The summed E-state index contributed by atoms with van der Waals surface area (Å²) in [5.41, 5.74) is 2.51. The molecule has 16 heavy (non-hydrogen) atoms. The van der Waals surface area contributed by atoms with Gasteiger partial charge >= 0.3 is 0 Å². The summed E-state index contributed by atoms with van der Waals surface area (Å²) in [6.07, 6.45) is 1.70. The van der Waals surface area contributed by atoms with E-state index in [0.29, 0.717) is 16.1 Å². The van der Waals surface area contributed by atoms with E-state index >= 15 is 0 Å². The summed E-state index contributed by atoms with van der Waals surface area (Å²) >= 11 is 13.6. The van der Waals surface area contributed by atoms with Crippen molar-refractivity contribution in [1.29, 1.82) is 0 Å². The van der Waals surface area contributed by atoms with Crippen LogP contribution in [0.2, 0.25) is 10.3 Å². The molecule has 0 fully saturated rings.